The van der Waals surface area contributed by atoms with Crippen LogP contribution in [0.5, 0.6) is 0 Å². The minimum atomic E-state index is -0.160. The summed E-state index contributed by atoms with van der Waals surface area (Å²) in [6.07, 6.45) is 3.92. The Morgan fingerprint density at radius 3 is 2.58 bits per heavy atom. The summed E-state index contributed by atoms with van der Waals surface area (Å²) in [5.41, 5.74) is 1.17. The Hall–Kier alpha value is -0.930. The van der Waals surface area contributed by atoms with Gasteiger partial charge in [-0.3, -0.25) is 0 Å². The van der Waals surface area contributed by atoms with Crippen LogP contribution >= 0.6 is 0 Å². The van der Waals surface area contributed by atoms with E-state index in [1.54, 1.807) is 0 Å². The summed E-state index contributed by atoms with van der Waals surface area (Å²) in [7, 11) is 2.15. The van der Waals surface area contributed by atoms with Crippen molar-refractivity contribution in [1.82, 2.24) is 10.2 Å². The number of nitrogens with one attached hydrogen (secondary N) is 1. The van der Waals surface area contributed by atoms with E-state index in [9.17, 15) is 4.39 Å². The van der Waals surface area contributed by atoms with Gasteiger partial charge in [-0.25, -0.2) is 4.39 Å². The first kappa shape index (κ1) is 14.5. The molecule has 0 aliphatic heterocycles. The number of rotatable bonds is 8. The lowest BCUT2D eigenvalue weighted by atomic mass is 10.1. The average molecular weight is 264 g/mol. The van der Waals surface area contributed by atoms with E-state index in [-0.39, 0.29) is 5.82 Å². The molecule has 0 heterocycles. The molecule has 1 unspecified atom stereocenters. The lowest BCUT2D eigenvalue weighted by Crippen LogP contribution is -2.41. The summed E-state index contributed by atoms with van der Waals surface area (Å²) < 4.78 is 12.9. The summed E-state index contributed by atoms with van der Waals surface area (Å²) in [5.74, 6) is 0.703. The molecule has 0 amide bonds. The molecule has 106 valence electrons. The Kier molecular flexibility index (Phi) is 5.34. The van der Waals surface area contributed by atoms with Gasteiger partial charge in [0, 0.05) is 19.1 Å². The number of likely N-dealkylation sites (N-methyl/N-ethyl adjacent to an activating group) is 1. The van der Waals surface area contributed by atoms with Crippen LogP contribution in [0, 0.1) is 11.7 Å². The zero-order valence-corrected chi connectivity index (χ0v) is 12.0. The molecule has 3 heteroatoms. The summed E-state index contributed by atoms with van der Waals surface area (Å²) in [5, 5.41) is 3.66. The Morgan fingerprint density at radius 1 is 1.32 bits per heavy atom. The second-order valence-corrected chi connectivity index (χ2v) is 5.72. The van der Waals surface area contributed by atoms with Crippen molar-refractivity contribution in [2.45, 2.75) is 38.8 Å². The first-order chi connectivity index (χ1) is 9.19. The first-order valence-corrected chi connectivity index (χ1v) is 7.35. The fraction of sp³-hybridized carbons (Fsp3) is 0.625. The average Bonchev–Trinajstić information content (AvgIpc) is 3.21. The van der Waals surface area contributed by atoms with E-state index in [0.717, 1.165) is 25.6 Å². The van der Waals surface area contributed by atoms with Crippen molar-refractivity contribution >= 4 is 0 Å². The van der Waals surface area contributed by atoms with Crippen molar-refractivity contribution < 1.29 is 4.39 Å². The van der Waals surface area contributed by atoms with Crippen LogP contribution < -0.4 is 5.32 Å². The SMILES string of the molecule is CCCNC(CN(C)Cc1ccc(F)cc1)C1CC1. The van der Waals surface area contributed by atoms with Crippen LogP contribution in [-0.2, 0) is 6.54 Å². The monoisotopic (exact) mass is 264 g/mol. The molecule has 1 aliphatic carbocycles. The molecular formula is C16H25FN2. The second-order valence-electron chi connectivity index (χ2n) is 5.72. The zero-order chi connectivity index (χ0) is 13.7. The van der Waals surface area contributed by atoms with Crippen molar-refractivity contribution in [3.05, 3.63) is 35.6 Å². The predicted molar refractivity (Wildman–Crippen MR) is 77.5 cm³/mol. The van der Waals surface area contributed by atoms with Crippen molar-refractivity contribution in [2.24, 2.45) is 5.92 Å². The van der Waals surface area contributed by atoms with Gasteiger partial charge < -0.3 is 10.2 Å². The highest BCUT2D eigenvalue weighted by Gasteiger charge is 2.31. The maximum atomic E-state index is 12.9. The highest BCUT2D eigenvalue weighted by Crippen LogP contribution is 2.33. The smallest absolute Gasteiger partial charge is 0.123 e. The van der Waals surface area contributed by atoms with Gasteiger partial charge in [-0.2, -0.15) is 0 Å². The molecule has 1 N–H and O–H groups in total. The first-order valence-electron chi connectivity index (χ1n) is 7.35. The normalized spacial score (nSPS) is 16.8. The quantitative estimate of drug-likeness (QED) is 0.776. The number of hydrogen-bond acceptors (Lipinski definition) is 2. The van der Waals surface area contributed by atoms with Crippen LogP contribution in [-0.4, -0.2) is 31.1 Å². The van der Waals surface area contributed by atoms with E-state index in [1.807, 2.05) is 12.1 Å². The number of halogens is 1. The third-order valence-corrected chi connectivity index (χ3v) is 3.72. The van der Waals surface area contributed by atoms with Crippen molar-refractivity contribution in [2.75, 3.05) is 20.1 Å². The summed E-state index contributed by atoms with van der Waals surface area (Å²) in [4.78, 5) is 2.33. The zero-order valence-electron chi connectivity index (χ0n) is 12.0. The molecule has 1 aromatic carbocycles. The van der Waals surface area contributed by atoms with Crippen molar-refractivity contribution in [3.63, 3.8) is 0 Å². The fourth-order valence-corrected chi connectivity index (χ4v) is 2.51. The van der Waals surface area contributed by atoms with Gasteiger partial charge in [0.1, 0.15) is 5.82 Å². The van der Waals surface area contributed by atoms with E-state index in [4.69, 9.17) is 0 Å². The summed E-state index contributed by atoms with van der Waals surface area (Å²) in [6, 6.07) is 7.44. The molecule has 2 nitrogen and oxygen atoms in total. The topological polar surface area (TPSA) is 15.3 Å². The fourth-order valence-electron chi connectivity index (χ4n) is 2.51. The maximum absolute atomic E-state index is 12.9. The van der Waals surface area contributed by atoms with E-state index < -0.39 is 0 Å². The third-order valence-electron chi connectivity index (χ3n) is 3.72. The van der Waals surface area contributed by atoms with Crippen LogP contribution in [0.15, 0.2) is 24.3 Å². The molecule has 0 spiro atoms. The van der Waals surface area contributed by atoms with Gasteiger partial charge in [-0.15, -0.1) is 0 Å². The molecule has 0 radical (unpaired) electrons. The van der Waals surface area contributed by atoms with Gasteiger partial charge in [0.15, 0.2) is 0 Å². The highest BCUT2D eigenvalue weighted by molar-refractivity contribution is 5.15. The van der Waals surface area contributed by atoms with Gasteiger partial charge in [-0.1, -0.05) is 19.1 Å². The molecular weight excluding hydrogens is 239 g/mol. The van der Waals surface area contributed by atoms with Gasteiger partial charge in [0.2, 0.25) is 0 Å². The minimum Gasteiger partial charge on any atom is -0.312 e. The largest absolute Gasteiger partial charge is 0.312 e. The lowest BCUT2D eigenvalue weighted by molar-refractivity contribution is 0.267. The van der Waals surface area contributed by atoms with E-state index in [0.29, 0.717) is 6.04 Å². The third kappa shape index (κ3) is 4.92. The van der Waals surface area contributed by atoms with Crippen LogP contribution in [0.2, 0.25) is 0 Å². The summed E-state index contributed by atoms with van der Waals surface area (Å²) >= 11 is 0. The summed E-state index contributed by atoms with van der Waals surface area (Å²) in [6.45, 7) is 5.27. The molecule has 1 saturated carbocycles. The maximum Gasteiger partial charge on any atom is 0.123 e. The minimum absolute atomic E-state index is 0.160. The molecule has 1 aliphatic rings. The highest BCUT2D eigenvalue weighted by atomic mass is 19.1. The number of nitrogens with zero attached hydrogens (tertiary/aromatic N) is 1. The molecule has 1 atom stereocenters. The molecule has 0 saturated heterocycles. The molecule has 1 aromatic rings. The predicted octanol–water partition coefficient (Wildman–Crippen LogP) is 3.04. The van der Waals surface area contributed by atoms with E-state index >= 15 is 0 Å². The van der Waals surface area contributed by atoms with Gasteiger partial charge in [0.25, 0.3) is 0 Å². The molecule has 19 heavy (non-hydrogen) atoms. The Morgan fingerprint density at radius 2 is 2.00 bits per heavy atom. The van der Waals surface area contributed by atoms with Crippen molar-refractivity contribution in [1.29, 1.82) is 0 Å². The Labute approximate surface area is 116 Å². The standard InChI is InChI=1S/C16H25FN2/c1-3-10-18-16(14-6-7-14)12-19(2)11-13-4-8-15(17)9-5-13/h4-5,8-9,14,16,18H,3,6-7,10-12H2,1-2H3. The molecule has 1 fully saturated rings. The Balaban J connectivity index is 1.81. The van der Waals surface area contributed by atoms with Crippen LogP contribution in [0.3, 0.4) is 0 Å². The second kappa shape index (κ2) is 7.01. The van der Waals surface area contributed by atoms with Gasteiger partial charge in [0.05, 0.1) is 0 Å². The van der Waals surface area contributed by atoms with Crippen LogP contribution in [0.4, 0.5) is 4.39 Å². The molecule has 0 aromatic heterocycles. The van der Waals surface area contributed by atoms with E-state index in [2.05, 4.69) is 24.2 Å². The lowest BCUT2D eigenvalue weighted by Gasteiger charge is -2.25. The van der Waals surface area contributed by atoms with E-state index in [1.165, 1.54) is 37.0 Å². The van der Waals surface area contributed by atoms with Crippen molar-refractivity contribution in [3.8, 4) is 0 Å². The van der Waals surface area contributed by atoms with Gasteiger partial charge in [-0.05, 0) is 56.5 Å². The Bertz CT molecular complexity index is 373. The van der Waals surface area contributed by atoms with Crippen LogP contribution in [0.1, 0.15) is 31.7 Å². The number of benzene rings is 1. The molecule has 2 rings (SSSR count). The molecule has 0 bridgehead atoms. The number of hydrogen-bond donors (Lipinski definition) is 1. The van der Waals surface area contributed by atoms with Crippen LogP contribution in [0.25, 0.3) is 0 Å². The van der Waals surface area contributed by atoms with Gasteiger partial charge >= 0.3 is 0 Å².